The number of hydrogen-bond donors (Lipinski definition) is 3. The van der Waals surface area contributed by atoms with Gasteiger partial charge >= 0.3 is 5.97 Å². The number of hydrogen-bond acceptors (Lipinski definition) is 4. The van der Waals surface area contributed by atoms with Crippen molar-refractivity contribution < 1.29 is 28.7 Å². The lowest BCUT2D eigenvalue weighted by atomic mass is 10.2. The summed E-state index contributed by atoms with van der Waals surface area (Å²) in [6.07, 6.45) is -0.107. The Bertz CT molecular complexity index is 663. The van der Waals surface area contributed by atoms with Crippen LogP contribution in [0.1, 0.15) is 30.6 Å². The third kappa shape index (κ3) is 6.88. The molecule has 0 spiro atoms. The summed E-state index contributed by atoms with van der Waals surface area (Å²) in [7, 11) is 0. The Labute approximate surface area is 150 Å². The molecule has 1 rings (SSSR count). The molecule has 0 bridgehead atoms. The Hall–Kier alpha value is -2.97. The minimum Gasteiger partial charge on any atom is -0.480 e. The van der Waals surface area contributed by atoms with Crippen LogP contribution in [0, 0.1) is 5.82 Å². The van der Waals surface area contributed by atoms with E-state index in [1.54, 1.807) is 0 Å². The van der Waals surface area contributed by atoms with Crippen LogP contribution in [-0.2, 0) is 14.4 Å². The molecule has 0 saturated carbocycles. The van der Waals surface area contributed by atoms with Gasteiger partial charge in [-0.1, -0.05) is 0 Å². The van der Waals surface area contributed by atoms with E-state index >= 15 is 0 Å². The van der Waals surface area contributed by atoms with Crippen LogP contribution < -0.4 is 10.6 Å². The summed E-state index contributed by atoms with van der Waals surface area (Å²) in [5.74, 6) is -2.85. The molecular formula is C17H22FN3O5. The van der Waals surface area contributed by atoms with E-state index in [4.69, 9.17) is 5.11 Å². The van der Waals surface area contributed by atoms with Gasteiger partial charge in [0.1, 0.15) is 11.9 Å². The zero-order valence-electron chi connectivity index (χ0n) is 14.6. The minimum absolute atomic E-state index is 0.00197. The normalized spacial score (nSPS) is 11.3. The van der Waals surface area contributed by atoms with Crippen molar-refractivity contribution in [1.29, 1.82) is 0 Å². The molecule has 8 nitrogen and oxygen atoms in total. The summed E-state index contributed by atoms with van der Waals surface area (Å²) < 4.78 is 12.8. The maximum Gasteiger partial charge on any atom is 0.326 e. The van der Waals surface area contributed by atoms with Crippen molar-refractivity contribution in [2.24, 2.45) is 0 Å². The van der Waals surface area contributed by atoms with E-state index in [1.807, 2.05) is 0 Å². The van der Waals surface area contributed by atoms with Gasteiger partial charge in [0, 0.05) is 38.5 Å². The second-order valence-corrected chi connectivity index (χ2v) is 5.60. The molecule has 0 aromatic heterocycles. The number of aliphatic carboxylic acids is 1. The second-order valence-electron chi connectivity index (χ2n) is 5.60. The van der Waals surface area contributed by atoms with Crippen LogP contribution in [0.25, 0.3) is 0 Å². The molecule has 1 unspecified atom stereocenters. The van der Waals surface area contributed by atoms with Gasteiger partial charge in [-0.05, 0) is 31.2 Å². The van der Waals surface area contributed by atoms with Gasteiger partial charge in [-0.15, -0.1) is 0 Å². The first kappa shape index (κ1) is 21.1. The topological polar surface area (TPSA) is 116 Å². The Morgan fingerprint density at radius 1 is 1.12 bits per heavy atom. The van der Waals surface area contributed by atoms with Crippen molar-refractivity contribution in [2.45, 2.75) is 26.3 Å². The van der Waals surface area contributed by atoms with E-state index in [2.05, 4.69) is 10.6 Å². The summed E-state index contributed by atoms with van der Waals surface area (Å²) in [5.41, 5.74) is 0.250. The largest absolute Gasteiger partial charge is 0.480 e. The van der Waals surface area contributed by atoms with Crippen molar-refractivity contribution in [2.75, 3.05) is 19.6 Å². The molecule has 142 valence electrons. The smallest absolute Gasteiger partial charge is 0.326 e. The van der Waals surface area contributed by atoms with Gasteiger partial charge in [-0.3, -0.25) is 14.4 Å². The molecule has 0 heterocycles. The molecule has 1 aromatic carbocycles. The number of halogens is 1. The average Bonchev–Trinajstić information content (AvgIpc) is 2.58. The highest BCUT2D eigenvalue weighted by molar-refractivity contribution is 5.94. The predicted octanol–water partition coefficient (Wildman–Crippen LogP) is 0.383. The van der Waals surface area contributed by atoms with Crippen LogP contribution in [0.3, 0.4) is 0 Å². The molecule has 0 aliphatic rings. The van der Waals surface area contributed by atoms with Gasteiger partial charge in [-0.2, -0.15) is 0 Å². The maximum absolute atomic E-state index is 12.8. The Morgan fingerprint density at radius 2 is 1.73 bits per heavy atom. The fraction of sp³-hybridized carbons (Fsp3) is 0.412. The minimum atomic E-state index is -1.17. The zero-order valence-corrected chi connectivity index (χ0v) is 14.6. The van der Waals surface area contributed by atoms with Crippen molar-refractivity contribution in [3.63, 3.8) is 0 Å². The maximum atomic E-state index is 12.8. The van der Waals surface area contributed by atoms with Gasteiger partial charge in [0.15, 0.2) is 0 Å². The third-order valence-electron chi connectivity index (χ3n) is 3.60. The summed E-state index contributed by atoms with van der Waals surface area (Å²) in [5, 5.41) is 14.1. The highest BCUT2D eigenvalue weighted by Gasteiger charge is 2.25. The Kier molecular flexibility index (Phi) is 8.20. The third-order valence-corrected chi connectivity index (χ3v) is 3.60. The number of carboxylic acid groups (broad SMARTS) is 1. The van der Waals surface area contributed by atoms with Gasteiger partial charge < -0.3 is 20.6 Å². The molecule has 9 heteroatoms. The average molecular weight is 367 g/mol. The lowest BCUT2D eigenvalue weighted by molar-refractivity contribution is -0.149. The number of nitrogens with one attached hydrogen (secondary N) is 2. The van der Waals surface area contributed by atoms with Crippen molar-refractivity contribution in [3.05, 3.63) is 35.6 Å². The van der Waals surface area contributed by atoms with Gasteiger partial charge in [0.25, 0.3) is 5.91 Å². The quantitative estimate of drug-likeness (QED) is 0.584. The molecule has 0 aliphatic carbocycles. The molecular weight excluding hydrogens is 345 g/mol. The van der Waals surface area contributed by atoms with E-state index in [9.17, 15) is 23.6 Å². The zero-order chi connectivity index (χ0) is 19.7. The van der Waals surface area contributed by atoms with E-state index in [0.717, 1.165) is 17.0 Å². The van der Waals surface area contributed by atoms with Gasteiger partial charge in [-0.25, -0.2) is 9.18 Å². The molecule has 1 atom stereocenters. The summed E-state index contributed by atoms with van der Waals surface area (Å²) in [6.45, 7) is 2.85. The molecule has 0 radical (unpaired) electrons. The van der Waals surface area contributed by atoms with Crippen molar-refractivity contribution in [3.8, 4) is 0 Å². The van der Waals surface area contributed by atoms with E-state index in [1.165, 1.54) is 26.0 Å². The highest BCUT2D eigenvalue weighted by atomic mass is 19.1. The highest BCUT2D eigenvalue weighted by Crippen LogP contribution is 2.04. The van der Waals surface area contributed by atoms with Crippen LogP contribution in [-0.4, -0.2) is 59.4 Å². The van der Waals surface area contributed by atoms with Crippen molar-refractivity contribution >= 4 is 23.7 Å². The number of nitrogens with zero attached hydrogens (tertiary/aromatic N) is 1. The Morgan fingerprint density at radius 3 is 2.27 bits per heavy atom. The number of rotatable bonds is 9. The molecule has 3 N–H and O–H groups in total. The summed E-state index contributed by atoms with van der Waals surface area (Å²) in [6, 6.07) is 3.87. The number of carboxylic acids is 1. The monoisotopic (exact) mass is 367 g/mol. The fourth-order valence-corrected chi connectivity index (χ4v) is 2.15. The molecule has 0 fully saturated rings. The van der Waals surface area contributed by atoms with E-state index in [-0.39, 0.29) is 37.5 Å². The molecule has 0 aliphatic heterocycles. The standard InChI is InChI=1S/C17H22FN3O5/c1-11(17(25)26)21(10-9-19-12(2)22)15(23)7-8-20-16(24)13-3-5-14(18)6-4-13/h3-6,11H,7-10H2,1-2H3,(H,19,22)(H,20,24)(H,25,26). The van der Waals surface area contributed by atoms with Crippen LogP contribution in [0.4, 0.5) is 4.39 Å². The number of carbonyl (C=O) groups is 4. The number of benzene rings is 1. The first-order valence-corrected chi connectivity index (χ1v) is 8.03. The number of carbonyl (C=O) groups excluding carboxylic acids is 3. The summed E-state index contributed by atoms with van der Waals surface area (Å²) in [4.78, 5) is 47.4. The number of amides is 3. The first-order valence-electron chi connectivity index (χ1n) is 8.03. The SMILES string of the molecule is CC(=O)NCCN(C(=O)CCNC(=O)c1ccc(F)cc1)C(C)C(=O)O. The van der Waals surface area contributed by atoms with Crippen LogP contribution in [0.15, 0.2) is 24.3 Å². The lowest BCUT2D eigenvalue weighted by Crippen LogP contribution is -2.47. The molecule has 1 aromatic rings. The first-order chi connectivity index (χ1) is 12.2. The molecule has 0 saturated heterocycles. The Balaban J connectivity index is 2.56. The van der Waals surface area contributed by atoms with Crippen LogP contribution in [0.2, 0.25) is 0 Å². The summed E-state index contributed by atoms with van der Waals surface area (Å²) >= 11 is 0. The lowest BCUT2D eigenvalue weighted by Gasteiger charge is -2.26. The van der Waals surface area contributed by atoms with Crippen LogP contribution >= 0.6 is 0 Å². The van der Waals surface area contributed by atoms with Crippen molar-refractivity contribution in [1.82, 2.24) is 15.5 Å². The fourth-order valence-electron chi connectivity index (χ4n) is 2.15. The molecule has 26 heavy (non-hydrogen) atoms. The van der Waals surface area contributed by atoms with E-state index < -0.39 is 29.6 Å². The van der Waals surface area contributed by atoms with E-state index in [0.29, 0.717) is 0 Å². The van der Waals surface area contributed by atoms with Gasteiger partial charge in [0.2, 0.25) is 11.8 Å². The predicted molar refractivity (Wildman–Crippen MR) is 90.8 cm³/mol. The second kappa shape index (κ2) is 10.1. The van der Waals surface area contributed by atoms with Crippen LogP contribution in [0.5, 0.6) is 0 Å². The van der Waals surface area contributed by atoms with Gasteiger partial charge in [0.05, 0.1) is 0 Å². The molecule has 3 amide bonds.